The molecule has 0 rings (SSSR count). The van der Waals surface area contributed by atoms with E-state index in [0.29, 0.717) is 6.42 Å². The number of aliphatic hydroxyl groups is 1. The maximum Gasteiger partial charge on any atom is 0.472 e. The first-order valence-corrected chi connectivity index (χ1v) is 22.6. The van der Waals surface area contributed by atoms with E-state index in [1.54, 1.807) is 0 Å². The van der Waals surface area contributed by atoms with E-state index in [4.69, 9.17) is 13.8 Å². The first-order valence-electron chi connectivity index (χ1n) is 21.1. The molecule has 2 unspecified atom stereocenters. The molecule has 53 heavy (non-hydrogen) atoms. The van der Waals surface area contributed by atoms with Crippen LogP contribution in [0.4, 0.5) is 0 Å². The van der Waals surface area contributed by atoms with Gasteiger partial charge in [0, 0.05) is 19.4 Å². The molecule has 0 spiro atoms. The summed E-state index contributed by atoms with van der Waals surface area (Å²) in [5.41, 5.74) is 0. The van der Waals surface area contributed by atoms with Crippen LogP contribution in [0.1, 0.15) is 181 Å². The molecule has 0 aromatic rings. The Labute approximate surface area is 324 Å². The Morgan fingerprint density at radius 2 is 1.02 bits per heavy atom. The van der Waals surface area contributed by atoms with E-state index >= 15 is 0 Å². The quantitative estimate of drug-likeness (QED) is 0.0244. The van der Waals surface area contributed by atoms with Gasteiger partial charge in [-0.25, -0.2) is 4.57 Å². The molecule has 0 saturated carbocycles. The first kappa shape index (κ1) is 51.0. The van der Waals surface area contributed by atoms with Crippen LogP contribution in [0.3, 0.4) is 0 Å². The molecule has 1 amide bonds. The number of ether oxygens (including phenoxy) is 1. The minimum absolute atomic E-state index is 0.0721. The topological polar surface area (TPSA) is 131 Å². The third-order valence-corrected chi connectivity index (χ3v) is 9.72. The summed E-state index contributed by atoms with van der Waals surface area (Å²) in [6.45, 7) is 3.47. The van der Waals surface area contributed by atoms with E-state index in [1.807, 2.05) is 0 Å². The summed E-state index contributed by atoms with van der Waals surface area (Å²) in [5, 5.41) is 12.7. The van der Waals surface area contributed by atoms with Gasteiger partial charge in [-0.15, -0.1) is 0 Å². The van der Waals surface area contributed by atoms with Crippen LogP contribution in [-0.2, 0) is 27.9 Å². The highest BCUT2D eigenvalue weighted by atomic mass is 31.2. The van der Waals surface area contributed by atoms with E-state index in [0.717, 1.165) is 83.5 Å². The van der Waals surface area contributed by atoms with Crippen LogP contribution in [0.5, 0.6) is 0 Å². The number of hydrogen-bond acceptors (Lipinski definition) is 7. The normalized spacial score (nSPS) is 13.8. The van der Waals surface area contributed by atoms with E-state index in [1.165, 1.54) is 70.6 Å². The van der Waals surface area contributed by atoms with E-state index < -0.39 is 26.5 Å². The molecule has 0 aliphatic carbocycles. The van der Waals surface area contributed by atoms with Crippen LogP contribution in [0, 0.1) is 0 Å². The van der Waals surface area contributed by atoms with Crippen molar-refractivity contribution in [1.82, 2.24) is 5.32 Å². The number of carbonyl (C=O) groups is 2. The lowest BCUT2D eigenvalue weighted by Crippen LogP contribution is -2.27. The van der Waals surface area contributed by atoms with Crippen LogP contribution in [0.2, 0.25) is 0 Å². The molecule has 10 heteroatoms. The SMILES string of the molecule is CCCCC/C=C\C/C=C\C/C=C\CCCCCCCCC(=O)NCCOP(=O)(O)OCC(O)COC(=O)CCCCCCC/C=C\CCCCCC. The number of esters is 1. The summed E-state index contributed by atoms with van der Waals surface area (Å²) in [7, 11) is -4.42. The smallest absolute Gasteiger partial charge is 0.463 e. The number of hydrogen-bond donors (Lipinski definition) is 3. The average molecular weight is 768 g/mol. The van der Waals surface area contributed by atoms with Gasteiger partial charge in [0.15, 0.2) is 0 Å². The molecule has 0 fully saturated rings. The van der Waals surface area contributed by atoms with Crippen molar-refractivity contribution in [3.8, 4) is 0 Å². The fourth-order valence-corrected chi connectivity index (χ4v) is 6.26. The predicted octanol–water partition coefficient (Wildman–Crippen LogP) is 11.5. The molecule has 2 atom stereocenters. The van der Waals surface area contributed by atoms with Gasteiger partial charge in [-0.3, -0.25) is 18.6 Å². The highest BCUT2D eigenvalue weighted by molar-refractivity contribution is 7.47. The van der Waals surface area contributed by atoms with Crippen molar-refractivity contribution in [3.63, 3.8) is 0 Å². The summed E-state index contributed by atoms with van der Waals surface area (Å²) in [5.74, 6) is -0.540. The lowest BCUT2D eigenvalue weighted by atomic mass is 10.1. The number of phosphoric ester groups is 1. The highest BCUT2D eigenvalue weighted by Gasteiger charge is 2.23. The first-order chi connectivity index (χ1) is 25.8. The number of amides is 1. The van der Waals surface area contributed by atoms with Crippen molar-refractivity contribution >= 4 is 19.7 Å². The molecular weight excluding hydrogens is 689 g/mol. The van der Waals surface area contributed by atoms with Crippen molar-refractivity contribution in [2.45, 2.75) is 187 Å². The largest absolute Gasteiger partial charge is 0.472 e. The van der Waals surface area contributed by atoms with Crippen LogP contribution >= 0.6 is 7.82 Å². The zero-order valence-electron chi connectivity index (χ0n) is 33.7. The number of aliphatic hydroxyl groups excluding tert-OH is 1. The number of unbranched alkanes of at least 4 members (excludes halogenated alkanes) is 18. The molecular formula is C43H78NO8P. The fraction of sp³-hybridized carbons (Fsp3) is 0.767. The third kappa shape index (κ3) is 41.0. The molecule has 9 nitrogen and oxygen atoms in total. The molecule has 3 N–H and O–H groups in total. The summed E-state index contributed by atoms with van der Waals surface area (Å²) in [6.07, 6.45) is 44.6. The molecule has 0 saturated heterocycles. The standard InChI is InChI=1S/C43H78NO8P/c1-3-5-7-9-11-13-15-17-18-19-20-21-22-24-25-27-29-31-33-35-42(46)44-37-38-51-53(48,49)52-40-41(45)39-50-43(47)36-34-32-30-28-26-23-16-14-12-10-8-6-4-2/h11,13-14,16-18,20-21,41,45H,3-10,12,15,19,22-40H2,1-2H3,(H,44,46)(H,48,49)/b13-11-,16-14-,18-17-,21-20-. The lowest BCUT2D eigenvalue weighted by molar-refractivity contribution is -0.147. The van der Waals surface area contributed by atoms with Gasteiger partial charge in [0.05, 0.1) is 13.2 Å². The van der Waals surface area contributed by atoms with Crippen molar-refractivity contribution in [2.24, 2.45) is 0 Å². The number of nitrogens with one attached hydrogen (secondary N) is 1. The minimum atomic E-state index is -4.42. The summed E-state index contributed by atoms with van der Waals surface area (Å²) >= 11 is 0. The van der Waals surface area contributed by atoms with Crippen molar-refractivity contribution in [1.29, 1.82) is 0 Å². The number of carbonyl (C=O) groups excluding carboxylic acids is 2. The molecule has 0 aliphatic rings. The van der Waals surface area contributed by atoms with E-state index in [9.17, 15) is 24.2 Å². The van der Waals surface area contributed by atoms with Crippen LogP contribution in [0.25, 0.3) is 0 Å². The minimum Gasteiger partial charge on any atom is -0.463 e. The molecule has 0 bridgehead atoms. The van der Waals surface area contributed by atoms with Gasteiger partial charge in [-0.05, 0) is 77.0 Å². The average Bonchev–Trinajstić information content (AvgIpc) is 3.14. The number of rotatable bonds is 39. The third-order valence-electron chi connectivity index (χ3n) is 8.73. The Hall–Kier alpha value is -2.03. The summed E-state index contributed by atoms with van der Waals surface area (Å²) in [4.78, 5) is 33.8. The Bertz CT molecular complexity index is 1010. The Balaban J connectivity index is 3.64. The predicted molar refractivity (Wildman–Crippen MR) is 220 cm³/mol. The van der Waals surface area contributed by atoms with Crippen LogP contribution in [0.15, 0.2) is 48.6 Å². The van der Waals surface area contributed by atoms with Gasteiger partial charge in [0.25, 0.3) is 0 Å². The van der Waals surface area contributed by atoms with Gasteiger partial charge in [0.2, 0.25) is 5.91 Å². The number of phosphoric acid groups is 1. The van der Waals surface area contributed by atoms with Gasteiger partial charge in [-0.2, -0.15) is 0 Å². The zero-order chi connectivity index (χ0) is 38.9. The van der Waals surface area contributed by atoms with Gasteiger partial charge >= 0.3 is 13.8 Å². The fourth-order valence-electron chi connectivity index (χ4n) is 5.50. The van der Waals surface area contributed by atoms with E-state index in [-0.39, 0.29) is 32.1 Å². The summed E-state index contributed by atoms with van der Waals surface area (Å²) < 4.78 is 26.8. The zero-order valence-corrected chi connectivity index (χ0v) is 34.6. The molecule has 0 aliphatic heterocycles. The second-order valence-electron chi connectivity index (χ2n) is 14.0. The monoisotopic (exact) mass is 768 g/mol. The molecule has 0 aromatic carbocycles. The second-order valence-corrected chi connectivity index (χ2v) is 15.4. The second kappa shape index (κ2) is 39.7. The molecule has 0 radical (unpaired) electrons. The molecule has 0 heterocycles. The van der Waals surface area contributed by atoms with Gasteiger partial charge < -0.3 is 20.1 Å². The van der Waals surface area contributed by atoms with Crippen molar-refractivity contribution in [3.05, 3.63) is 48.6 Å². The Kier molecular flexibility index (Phi) is 38.1. The van der Waals surface area contributed by atoms with Crippen LogP contribution in [-0.4, -0.2) is 54.3 Å². The maximum atomic E-state index is 12.1. The molecule has 0 aromatic heterocycles. The number of allylic oxidation sites excluding steroid dienone is 8. The highest BCUT2D eigenvalue weighted by Crippen LogP contribution is 2.42. The molecule has 308 valence electrons. The maximum absolute atomic E-state index is 12.1. The Morgan fingerprint density at radius 3 is 1.58 bits per heavy atom. The van der Waals surface area contributed by atoms with Crippen molar-refractivity contribution < 1.29 is 37.9 Å². The summed E-state index contributed by atoms with van der Waals surface area (Å²) in [6, 6.07) is 0. The Morgan fingerprint density at radius 1 is 0.585 bits per heavy atom. The van der Waals surface area contributed by atoms with Gasteiger partial charge in [0.1, 0.15) is 12.7 Å². The van der Waals surface area contributed by atoms with Gasteiger partial charge in [-0.1, -0.05) is 140 Å². The van der Waals surface area contributed by atoms with Crippen molar-refractivity contribution in [2.75, 3.05) is 26.4 Å². The van der Waals surface area contributed by atoms with Crippen LogP contribution < -0.4 is 5.32 Å². The lowest BCUT2D eigenvalue weighted by Gasteiger charge is -2.15. The van der Waals surface area contributed by atoms with E-state index in [2.05, 4.69) is 67.8 Å².